The average molecular weight is 401 g/mol. The molecule has 0 saturated heterocycles. The number of rotatable bonds is 4. The molecule has 1 aliphatic carbocycles. The number of methoxy groups -OCH3 is 1. The van der Waals surface area contributed by atoms with Crippen molar-refractivity contribution in [3.8, 4) is 0 Å². The van der Waals surface area contributed by atoms with Crippen molar-refractivity contribution in [2.45, 2.75) is 33.1 Å². The molecule has 1 aliphatic heterocycles. The molecule has 0 spiro atoms. The van der Waals surface area contributed by atoms with Crippen LogP contribution in [0.1, 0.15) is 38.7 Å². The van der Waals surface area contributed by atoms with Crippen molar-refractivity contribution in [2.24, 2.45) is 11.8 Å². The van der Waals surface area contributed by atoms with E-state index in [1.807, 2.05) is 6.92 Å². The van der Waals surface area contributed by atoms with Gasteiger partial charge in [0.2, 0.25) is 0 Å². The van der Waals surface area contributed by atoms with Gasteiger partial charge in [0.15, 0.2) is 5.78 Å². The molecule has 0 amide bonds. The fraction of sp³-hybridized carbons (Fsp3) is 0.409. The number of benzene rings is 1. The number of esters is 2. The van der Waals surface area contributed by atoms with Gasteiger partial charge >= 0.3 is 11.9 Å². The summed E-state index contributed by atoms with van der Waals surface area (Å²) in [5, 5.41) is 3.15. The van der Waals surface area contributed by atoms with E-state index in [1.54, 1.807) is 19.9 Å². The minimum absolute atomic E-state index is 0.160. The Bertz CT molecular complexity index is 933. The fourth-order valence-electron chi connectivity index (χ4n) is 4.18. The standard InChI is InChI=1S/C22H24FNO5/c1-5-29-22(27)17-12(3)24-15-9-11(2)16(21(26)28-4)20(25)19(15)18(17)13-7-6-8-14(23)10-13/h6-8,10-11,16,18,24H,5,9H2,1-4H3/t11-,16+,18-/m1/s1. The normalized spacial score (nSPS) is 24.0. The lowest BCUT2D eigenvalue weighted by Crippen LogP contribution is -2.43. The smallest absolute Gasteiger partial charge is 0.336 e. The van der Waals surface area contributed by atoms with Crippen molar-refractivity contribution in [1.29, 1.82) is 0 Å². The molecule has 0 radical (unpaired) electrons. The molecule has 2 aliphatic rings. The van der Waals surface area contributed by atoms with E-state index in [2.05, 4.69) is 5.32 Å². The molecular formula is C22H24FNO5. The Morgan fingerprint density at radius 2 is 2.03 bits per heavy atom. The van der Waals surface area contributed by atoms with Gasteiger partial charge < -0.3 is 14.8 Å². The highest BCUT2D eigenvalue weighted by Gasteiger charge is 2.47. The van der Waals surface area contributed by atoms with Gasteiger partial charge in [-0.3, -0.25) is 9.59 Å². The van der Waals surface area contributed by atoms with Crippen LogP contribution >= 0.6 is 0 Å². The van der Waals surface area contributed by atoms with Gasteiger partial charge in [0, 0.05) is 22.9 Å². The summed E-state index contributed by atoms with van der Waals surface area (Å²) in [6.45, 7) is 5.38. The Hall–Kier alpha value is -2.96. The number of nitrogens with one attached hydrogen (secondary N) is 1. The van der Waals surface area contributed by atoms with Gasteiger partial charge in [-0.05, 0) is 43.9 Å². The zero-order valence-corrected chi connectivity index (χ0v) is 16.9. The zero-order chi connectivity index (χ0) is 21.3. The van der Waals surface area contributed by atoms with Crippen molar-refractivity contribution in [3.63, 3.8) is 0 Å². The minimum Gasteiger partial charge on any atom is -0.468 e. The predicted molar refractivity (Wildman–Crippen MR) is 103 cm³/mol. The van der Waals surface area contributed by atoms with Crippen LogP contribution in [-0.2, 0) is 23.9 Å². The van der Waals surface area contributed by atoms with Crippen LogP contribution in [0, 0.1) is 17.7 Å². The quantitative estimate of drug-likeness (QED) is 0.617. The molecule has 1 N–H and O–H groups in total. The lowest BCUT2D eigenvalue weighted by atomic mass is 9.69. The third-order valence-corrected chi connectivity index (χ3v) is 5.42. The van der Waals surface area contributed by atoms with Crippen LogP contribution in [0.3, 0.4) is 0 Å². The second-order valence-electron chi connectivity index (χ2n) is 7.31. The number of halogens is 1. The van der Waals surface area contributed by atoms with Crippen LogP contribution < -0.4 is 5.32 Å². The first-order chi connectivity index (χ1) is 13.8. The van der Waals surface area contributed by atoms with Crippen molar-refractivity contribution >= 4 is 17.7 Å². The first-order valence-electron chi connectivity index (χ1n) is 9.55. The van der Waals surface area contributed by atoms with Crippen LogP contribution in [0.4, 0.5) is 4.39 Å². The molecule has 7 heteroatoms. The van der Waals surface area contributed by atoms with Gasteiger partial charge in [-0.2, -0.15) is 0 Å². The van der Waals surface area contributed by atoms with Crippen molar-refractivity contribution in [3.05, 3.63) is 58.2 Å². The Morgan fingerprint density at radius 1 is 1.31 bits per heavy atom. The van der Waals surface area contributed by atoms with Gasteiger partial charge in [0.25, 0.3) is 0 Å². The summed E-state index contributed by atoms with van der Waals surface area (Å²) in [4.78, 5) is 38.5. The summed E-state index contributed by atoms with van der Waals surface area (Å²) < 4.78 is 24.1. The maximum Gasteiger partial charge on any atom is 0.336 e. The molecule has 29 heavy (non-hydrogen) atoms. The van der Waals surface area contributed by atoms with Crippen LogP contribution in [-0.4, -0.2) is 31.4 Å². The van der Waals surface area contributed by atoms with E-state index in [0.717, 1.165) is 0 Å². The molecule has 0 fully saturated rings. The maximum atomic E-state index is 14.0. The van der Waals surface area contributed by atoms with Crippen LogP contribution in [0.15, 0.2) is 46.8 Å². The van der Waals surface area contributed by atoms with E-state index in [1.165, 1.54) is 25.3 Å². The molecule has 3 atom stereocenters. The number of dihydropyridines is 1. The topological polar surface area (TPSA) is 81.7 Å². The Labute approximate surface area is 168 Å². The van der Waals surface area contributed by atoms with Crippen LogP contribution in [0.25, 0.3) is 0 Å². The number of carbonyl (C=O) groups is 3. The number of carbonyl (C=O) groups excluding carboxylic acids is 3. The van der Waals surface area contributed by atoms with Crippen molar-refractivity contribution < 1.29 is 28.2 Å². The SMILES string of the molecule is CCOC(=O)C1=C(C)NC2=C(C(=O)[C@@H](C(=O)OC)[C@H](C)C2)[C@@H]1c1cccc(F)c1. The van der Waals surface area contributed by atoms with Gasteiger partial charge in [0.05, 0.1) is 19.3 Å². The maximum absolute atomic E-state index is 14.0. The number of allylic oxidation sites excluding steroid dienone is 3. The second kappa shape index (κ2) is 8.19. The molecule has 6 nitrogen and oxygen atoms in total. The summed E-state index contributed by atoms with van der Waals surface area (Å²) in [5.41, 5.74) is 2.17. The molecule has 3 rings (SSSR count). The van der Waals surface area contributed by atoms with E-state index in [4.69, 9.17) is 9.47 Å². The molecule has 154 valence electrons. The Morgan fingerprint density at radius 3 is 2.66 bits per heavy atom. The van der Waals surface area contributed by atoms with Gasteiger partial charge in [0.1, 0.15) is 11.7 Å². The Balaban J connectivity index is 2.19. The van der Waals surface area contributed by atoms with E-state index in [0.29, 0.717) is 23.4 Å². The highest BCUT2D eigenvalue weighted by atomic mass is 19.1. The predicted octanol–water partition coefficient (Wildman–Crippen LogP) is 3.00. The van der Waals surface area contributed by atoms with E-state index >= 15 is 0 Å². The third kappa shape index (κ3) is 3.69. The molecule has 0 aromatic heterocycles. The first-order valence-corrected chi connectivity index (χ1v) is 9.55. The first kappa shape index (κ1) is 20.8. The van der Waals surface area contributed by atoms with E-state index in [9.17, 15) is 18.8 Å². The number of hydrogen-bond acceptors (Lipinski definition) is 6. The lowest BCUT2D eigenvalue weighted by molar-refractivity contribution is -0.151. The monoisotopic (exact) mass is 401 g/mol. The molecule has 1 heterocycles. The summed E-state index contributed by atoms with van der Waals surface area (Å²) in [5.74, 6) is -4.17. The van der Waals surface area contributed by atoms with Crippen molar-refractivity contribution in [2.75, 3.05) is 13.7 Å². The molecule has 1 aromatic carbocycles. The van der Waals surface area contributed by atoms with Crippen LogP contribution in [0.2, 0.25) is 0 Å². The zero-order valence-electron chi connectivity index (χ0n) is 16.9. The lowest BCUT2D eigenvalue weighted by Gasteiger charge is -2.38. The number of Topliss-reactive ketones (excluding diaryl/α,β-unsaturated/α-hetero) is 1. The second-order valence-corrected chi connectivity index (χ2v) is 7.31. The highest BCUT2D eigenvalue weighted by molar-refractivity contribution is 6.12. The van der Waals surface area contributed by atoms with Gasteiger partial charge in [-0.25, -0.2) is 9.18 Å². The summed E-state index contributed by atoms with van der Waals surface area (Å²) in [6, 6.07) is 5.78. The molecule has 1 aromatic rings. The van der Waals surface area contributed by atoms with Gasteiger partial charge in [-0.1, -0.05) is 19.1 Å². The minimum atomic E-state index is -0.974. The number of hydrogen-bond donors (Lipinski definition) is 1. The van der Waals surface area contributed by atoms with E-state index in [-0.39, 0.29) is 23.7 Å². The molecule has 0 saturated carbocycles. The highest BCUT2D eigenvalue weighted by Crippen LogP contribution is 2.45. The molecule has 0 unspecified atom stereocenters. The third-order valence-electron chi connectivity index (χ3n) is 5.42. The summed E-state index contributed by atoms with van der Waals surface area (Å²) >= 11 is 0. The molecular weight excluding hydrogens is 377 g/mol. The average Bonchev–Trinajstić information content (AvgIpc) is 2.66. The summed E-state index contributed by atoms with van der Waals surface area (Å²) in [7, 11) is 1.24. The molecule has 0 bridgehead atoms. The van der Waals surface area contributed by atoms with Gasteiger partial charge in [-0.15, -0.1) is 0 Å². The summed E-state index contributed by atoms with van der Waals surface area (Å²) in [6.07, 6.45) is 0.431. The van der Waals surface area contributed by atoms with Crippen LogP contribution in [0.5, 0.6) is 0 Å². The number of ether oxygens (including phenoxy) is 2. The van der Waals surface area contributed by atoms with E-state index < -0.39 is 35.4 Å². The largest absolute Gasteiger partial charge is 0.468 e. The van der Waals surface area contributed by atoms with Crippen molar-refractivity contribution in [1.82, 2.24) is 5.32 Å². The Kier molecular flexibility index (Phi) is 5.86. The fourth-order valence-corrected chi connectivity index (χ4v) is 4.18. The number of ketones is 1.